The molecule has 23 heteroatoms. The smallest absolute Gasteiger partial charge is 1.00 e. The molecule has 0 aliphatic heterocycles. The normalized spacial score (nSPS) is 9.98. The predicted molar refractivity (Wildman–Crippen MR) is 211 cm³/mol. The number of hydrogen-bond donors (Lipinski definition) is 2. The number of rotatable bonds is 25. The van der Waals surface area contributed by atoms with E-state index in [2.05, 4.69) is 9.62 Å². The van der Waals surface area contributed by atoms with E-state index in [1.165, 1.54) is 38.5 Å². The Bertz CT molecular complexity index is 1670. The minimum absolute atomic E-state index is 0. The molecule has 3 rings (SSSR count). The van der Waals surface area contributed by atoms with E-state index in [-0.39, 0.29) is 146 Å². The number of carbonyl (C=O) groups is 3. The van der Waals surface area contributed by atoms with Crippen LogP contribution in [0.3, 0.4) is 0 Å². The fourth-order valence-electron chi connectivity index (χ4n) is 3.95. The van der Waals surface area contributed by atoms with Crippen molar-refractivity contribution in [3.63, 3.8) is 0 Å². The summed E-state index contributed by atoms with van der Waals surface area (Å²) in [5, 5.41) is 26.4. The van der Waals surface area contributed by atoms with Gasteiger partial charge in [0, 0.05) is 33.5 Å². The Hall–Kier alpha value is -1.83. The summed E-state index contributed by atoms with van der Waals surface area (Å²) in [7, 11) is 3.67. The average molecular weight is 955 g/mol. The third-order valence-electron chi connectivity index (χ3n) is 6.73. The maximum atomic E-state index is 11.8. The van der Waals surface area contributed by atoms with Crippen molar-refractivity contribution in [2.75, 3.05) is 115 Å². The topological polar surface area (TPSA) is 260 Å². The second-order valence-corrected chi connectivity index (χ2v) is 12.8. The molecule has 0 saturated heterocycles. The molecule has 0 aliphatic rings. The Labute approximate surface area is 449 Å². The van der Waals surface area contributed by atoms with Crippen LogP contribution >= 0.6 is 0 Å². The first-order valence-corrected chi connectivity index (χ1v) is 19.2. The van der Waals surface area contributed by atoms with Crippen LogP contribution in [0.2, 0.25) is 0 Å². The number of phenols is 2. The molecular weight excluding hydrogens is 899 g/mol. The Morgan fingerprint density at radius 1 is 0.597 bits per heavy atom. The first-order chi connectivity index (χ1) is 28.8. The van der Waals surface area contributed by atoms with Crippen molar-refractivity contribution in [1.29, 1.82) is 0 Å². The second kappa shape index (κ2) is 41.8. The maximum absolute atomic E-state index is 11.8. The number of benzene rings is 3. The Balaban J connectivity index is -0.000000410. The zero-order valence-corrected chi connectivity index (χ0v) is 43.5. The maximum Gasteiger partial charge on any atom is 1.00 e. The van der Waals surface area contributed by atoms with E-state index in [1.54, 1.807) is 51.7 Å². The second-order valence-electron chi connectivity index (χ2n) is 11.2. The van der Waals surface area contributed by atoms with E-state index in [9.17, 15) is 18.0 Å². The van der Waals surface area contributed by atoms with Gasteiger partial charge in [-0.1, -0.05) is 17.7 Å². The molecule has 0 saturated carbocycles. The summed E-state index contributed by atoms with van der Waals surface area (Å²) in [6, 6.07) is 15.0. The van der Waals surface area contributed by atoms with Crippen LogP contribution in [-0.2, 0) is 61.9 Å². The van der Waals surface area contributed by atoms with Crippen LogP contribution in [0.5, 0.6) is 23.0 Å². The molecule has 0 atom stereocenters. The van der Waals surface area contributed by atoms with Crippen LogP contribution in [-0.4, -0.2) is 152 Å². The largest absolute Gasteiger partial charge is 1.00 e. The van der Waals surface area contributed by atoms with Crippen LogP contribution in [0.15, 0.2) is 65.6 Å². The van der Waals surface area contributed by atoms with Gasteiger partial charge in [0.25, 0.3) is 16.6 Å². The fraction of sp³-hybridized carbons (Fsp3) is 0.462. The van der Waals surface area contributed by atoms with Gasteiger partial charge in [-0.15, -0.1) is 0 Å². The summed E-state index contributed by atoms with van der Waals surface area (Å²) >= 11 is 0. The summed E-state index contributed by atoms with van der Waals surface area (Å²) in [5.41, 5.74) is 1.47. The first kappa shape index (κ1) is 64.5. The number of phenolic OH excluding ortho intramolecular Hbond substituents is 2. The molecule has 0 fully saturated rings. The van der Waals surface area contributed by atoms with Crippen molar-refractivity contribution < 1.29 is 199 Å². The van der Waals surface area contributed by atoms with Gasteiger partial charge in [0.2, 0.25) is 0 Å². The number of carbonyl (C=O) groups excluding carboxylic acids is 3. The van der Waals surface area contributed by atoms with Crippen molar-refractivity contribution >= 4 is 28.5 Å². The quantitative estimate of drug-likeness (QED) is 0.0158. The molecule has 0 heterocycles. The number of esters is 2. The number of ether oxygens (including phenoxy) is 10. The van der Waals surface area contributed by atoms with Gasteiger partial charge in [-0.3, -0.25) is 8.98 Å². The van der Waals surface area contributed by atoms with Gasteiger partial charge >= 0.3 is 115 Å². The molecule has 0 amide bonds. The molecule has 2 N–H and O–H groups in total. The summed E-state index contributed by atoms with van der Waals surface area (Å²) in [6.07, 6.45) is 0. The zero-order valence-electron chi connectivity index (χ0n) is 37.5. The molecule has 62 heavy (non-hydrogen) atoms. The molecule has 0 bridgehead atoms. The van der Waals surface area contributed by atoms with E-state index < -0.39 is 22.1 Å². The fourth-order valence-corrected chi connectivity index (χ4v) is 4.84. The molecule has 3 aromatic carbocycles. The number of aromatic hydroxyl groups is 2. The third kappa shape index (κ3) is 32.8. The first-order valence-electron chi connectivity index (χ1n) is 17.8. The van der Waals surface area contributed by atoms with E-state index in [0.29, 0.717) is 83.1 Å². The van der Waals surface area contributed by atoms with Crippen LogP contribution in [0.1, 0.15) is 27.7 Å². The summed E-state index contributed by atoms with van der Waals surface area (Å²) in [6.45, 7) is 6.39. The SMILES string of the molecule is COC(=O)c1cc(O)cc(O)c1.COCCOCCOS(=O)(=O)c1ccc(C)cc1.COCCOCCOc1cc(OCCOCCOC)cc(C(=O)OC)c1.O=CO[O-].[H-].[K+].[K+]. The van der Waals surface area contributed by atoms with E-state index in [4.69, 9.17) is 67.1 Å². The Morgan fingerprint density at radius 3 is 1.34 bits per heavy atom. The van der Waals surface area contributed by atoms with Crippen molar-refractivity contribution in [3.8, 4) is 23.0 Å². The van der Waals surface area contributed by atoms with Crippen molar-refractivity contribution in [2.45, 2.75) is 11.8 Å². The van der Waals surface area contributed by atoms with Gasteiger partial charge in [0.05, 0.1) is 96.3 Å². The van der Waals surface area contributed by atoms with Crippen molar-refractivity contribution in [1.82, 2.24) is 0 Å². The van der Waals surface area contributed by atoms with E-state index in [0.717, 1.165) is 11.6 Å². The summed E-state index contributed by atoms with van der Waals surface area (Å²) in [5.74, 6) is -0.405. The summed E-state index contributed by atoms with van der Waals surface area (Å²) in [4.78, 5) is 34.1. The number of hydrogen-bond acceptors (Lipinski definition) is 20. The third-order valence-corrected chi connectivity index (χ3v) is 8.05. The van der Waals surface area contributed by atoms with Crippen molar-refractivity contribution in [3.05, 3.63) is 77.4 Å². The zero-order chi connectivity index (χ0) is 45.0. The Kier molecular flexibility index (Phi) is 43.5. The predicted octanol–water partition coefficient (Wildman–Crippen LogP) is -3.64. The molecular formula is C39H56K2O20S. The van der Waals surface area contributed by atoms with E-state index in [1.807, 2.05) is 6.92 Å². The van der Waals surface area contributed by atoms with Gasteiger partial charge in [-0.2, -0.15) is 8.42 Å². The Morgan fingerprint density at radius 2 is 0.968 bits per heavy atom. The molecule has 0 unspecified atom stereocenters. The number of aryl methyl sites for hydroxylation is 1. The molecule has 0 radical (unpaired) electrons. The van der Waals surface area contributed by atoms with E-state index >= 15 is 0 Å². The molecule has 3 aromatic rings. The monoisotopic (exact) mass is 954 g/mol. The molecule has 20 nitrogen and oxygen atoms in total. The van der Waals surface area contributed by atoms with Gasteiger partial charge in [-0.05, 0) is 43.3 Å². The molecule has 340 valence electrons. The summed E-state index contributed by atoms with van der Waals surface area (Å²) < 4.78 is 79.0. The van der Waals surface area contributed by atoms with Gasteiger partial charge in [0.1, 0.15) is 36.2 Å². The van der Waals surface area contributed by atoms with Crippen LogP contribution in [0.4, 0.5) is 0 Å². The van der Waals surface area contributed by atoms with Gasteiger partial charge < -0.3 is 69.2 Å². The minimum Gasteiger partial charge on any atom is -1.00 e. The molecule has 0 aliphatic carbocycles. The average Bonchev–Trinajstić information content (AvgIpc) is 3.24. The van der Waals surface area contributed by atoms with Gasteiger partial charge in [0.15, 0.2) is 0 Å². The minimum atomic E-state index is -3.68. The van der Waals surface area contributed by atoms with Crippen LogP contribution in [0, 0.1) is 6.92 Å². The van der Waals surface area contributed by atoms with Crippen LogP contribution < -0.4 is 118 Å². The van der Waals surface area contributed by atoms with Crippen molar-refractivity contribution in [2.24, 2.45) is 0 Å². The van der Waals surface area contributed by atoms with Gasteiger partial charge in [-0.25, -0.2) is 9.59 Å². The van der Waals surface area contributed by atoms with Crippen LogP contribution in [0.25, 0.3) is 0 Å². The molecule has 0 aromatic heterocycles. The molecule has 0 spiro atoms. The number of methoxy groups -OCH3 is 5. The standard InChI is InChI=1S/C18H28O8.C12H18O5S.C8H8O4.CH2O3.2K.H/c1-20-4-6-23-8-10-25-16-12-15(18(19)22-3)13-17(14-16)26-11-9-24-7-5-21-2;1-11-3-5-12(6-4-11)18(13,14)17-10-9-16-8-7-15-2;1-12-8(11)5-2-6(9)4-7(10)3-5;2-1-4-3;;;/h12-14H,4-11H2,1-3H3;3-6H,7-10H2,1-2H3;2-4,9-10H,1H3;1,3H;;;/q;;;;2*+1;-1/p-1.